The Morgan fingerprint density at radius 3 is 2.83 bits per heavy atom. The van der Waals surface area contributed by atoms with Gasteiger partial charge in [0, 0.05) is 11.8 Å². The number of rotatable bonds is 3. The summed E-state index contributed by atoms with van der Waals surface area (Å²) in [5.74, 6) is 0.787. The Balaban J connectivity index is 1.80. The Bertz CT molecular complexity index is 543. The second-order valence-corrected chi connectivity index (χ2v) is 4.70. The first-order chi connectivity index (χ1) is 8.72. The van der Waals surface area contributed by atoms with Gasteiger partial charge in [0.15, 0.2) is 6.29 Å². The number of fused-ring (bicyclic) bond motifs is 1. The van der Waals surface area contributed by atoms with Crippen LogP contribution in [0.15, 0.2) is 28.7 Å². The molecule has 1 saturated heterocycles. The molecule has 18 heavy (non-hydrogen) atoms. The molecule has 2 heterocycles. The van der Waals surface area contributed by atoms with Crippen LogP contribution in [0.1, 0.15) is 23.8 Å². The molecule has 1 fully saturated rings. The first kappa shape index (κ1) is 11.7. The molecule has 0 saturated carbocycles. The van der Waals surface area contributed by atoms with E-state index in [0.29, 0.717) is 19.6 Å². The maximum Gasteiger partial charge on any atom is 0.159 e. The van der Waals surface area contributed by atoms with E-state index in [1.165, 1.54) is 5.56 Å². The van der Waals surface area contributed by atoms with Gasteiger partial charge >= 0.3 is 0 Å². The average Bonchev–Trinajstić information content (AvgIpc) is 2.96. The molecule has 1 atom stereocenters. The van der Waals surface area contributed by atoms with E-state index >= 15 is 0 Å². The summed E-state index contributed by atoms with van der Waals surface area (Å²) in [4.78, 5) is 0. The molecular weight excluding hydrogens is 230 g/mol. The first-order valence-electron chi connectivity index (χ1n) is 6.21. The van der Waals surface area contributed by atoms with Crippen LogP contribution in [-0.4, -0.2) is 19.5 Å². The van der Waals surface area contributed by atoms with Crippen LogP contribution in [0.25, 0.3) is 11.0 Å². The highest BCUT2D eigenvalue weighted by molar-refractivity contribution is 5.78. The van der Waals surface area contributed by atoms with Crippen molar-refractivity contribution in [1.29, 1.82) is 0 Å². The molecule has 1 aliphatic rings. The highest BCUT2D eigenvalue weighted by Crippen LogP contribution is 2.27. The van der Waals surface area contributed by atoms with Gasteiger partial charge < -0.3 is 19.6 Å². The minimum atomic E-state index is -0.199. The molecule has 2 aromatic rings. The summed E-state index contributed by atoms with van der Waals surface area (Å²) < 4.78 is 16.5. The second kappa shape index (κ2) is 4.72. The maximum absolute atomic E-state index is 6.12. The fourth-order valence-corrected chi connectivity index (χ4v) is 2.23. The van der Waals surface area contributed by atoms with Crippen molar-refractivity contribution < 1.29 is 13.9 Å². The van der Waals surface area contributed by atoms with Gasteiger partial charge in [-0.25, -0.2) is 0 Å². The van der Waals surface area contributed by atoms with Crippen LogP contribution in [-0.2, 0) is 9.47 Å². The number of hydrogen-bond donors (Lipinski definition) is 1. The second-order valence-electron chi connectivity index (χ2n) is 4.70. The van der Waals surface area contributed by atoms with Gasteiger partial charge in [0.05, 0.1) is 19.3 Å². The van der Waals surface area contributed by atoms with Crippen LogP contribution in [0.3, 0.4) is 0 Å². The lowest BCUT2D eigenvalue weighted by molar-refractivity contribution is -0.0517. The predicted octanol–water partition coefficient (Wildman–Crippen LogP) is 2.50. The lowest BCUT2D eigenvalue weighted by Gasteiger charge is -2.13. The van der Waals surface area contributed by atoms with Gasteiger partial charge in [0.25, 0.3) is 0 Å². The summed E-state index contributed by atoms with van der Waals surface area (Å²) in [7, 11) is 0. The molecule has 0 bridgehead atoms. The summed E-state index contributed by atoms with van der Waals surface area (Å²) >= 11 is 0. The molecule has 0 amide bonds. The van der Waals surface area contributed by atoms with Crippen molar-refractivity contribution in [2.24, 2.45) is 5.73 Å². The zero-order valence-corrected chi connectivity index (χ0v) is 10.4. The van der Waals surface area contributed by atoms with Gasteiger partial charge in [0.2, 0.25) is 0 Å². The lowest BCUT2D eigenvalue weighted by atomic mass is 10.1. The van der Waals surface area contributed by atoms with Gasteiger partial charge in [-0.3, -0.25) is 0 Å². The monoisotopic (exact) mass is 247 g/mol. The summed E-state index contributed by atoms with van der Waals surface area (Å²) in [6, 6.07) is 7.91. The van der Waals surface area contributed by atoms with Crippen LogP contribution in [0.2, 0.25) is 0 Å². The van der Waals surface area contributed by atoms with E-state index in [4.69, 9.17) is 19.6 Å². The Kier molecular flexibility index (Phi) is 3.07. The zero-order valence-electron chi connectivity index (χ0n) is 10.4. The summed E-state index contributed by atoms with van der Waals surface area (Å²) in [6.45, 7) is 3.36. The van der Waals surface area contributed by atoms with Crippen molar-refractivity contribution in [3.63, 3.8) is 0 Å². The number of aryl methyl sites for hydroxylation is 1. The standard InChI is InChI=1S/C14H17NO3/c1-9-2-3-12-10(6-9)7-13(18-12)11(15)8-14-16-4-5-17-14/h2-3,6-7,11,14H,4-5,8,15H2,1H3. The summed E-state index contributed by atoms with van der Waals surface area (Å²) in [6.07, 6.45) is 0.425. The van der Waals surface area contributed by atoms with E-state index in [-0.39, 0.29) is 12.3 Å². The minimum Gasteiger partial charge on any atom is -0.459 e. The Morgan fingerprint density at radius 2 is 2.06 bits per heavy atom. The summed E-state index contributed by atoms with van der Waals surface area (Å²) in [5, 5.41) is 1.09. The fraction of sp³-hybridized carbons (Fsp3) is 0.429. The van der Waals surface area contributed by atoms with Crippen LogP contribution in [0.4, 0.5) is 0 Å². The van der Waals surface area contributed by atoms with Gasteiger partial charge in [-0.15, -0.1) is 0 Å². The largest absolute Gasteiger partial charge is 0.459 e. The van der Waals surface area contributed by atoms with Crippen molar-refractivity contribution in [2.45, 2.75) is 25.7 Å². The smallest absolute Gasteiger partial charge is 0.159 e. The van der Waals surface area contributed by atoms with E-state index in [2.05, 4.69) is 13.0 Å². The van der Waals surface area contributed by atoms with Crippen LogP contribution >= 0.6 is 0 Å². The van der Waals surface area contributed by atoms with E-state index < -0.39 is 0 Å². The van der Waals surface area contributed by atoms with E-state index in [9.17, 15) is 0 Å². The fourth-order valence-electron chi connectivity index (χ4n) is 2.23. The molecule has 0 aliphatic carbocycles. The molecule has 1 unspecified atom stereocenters. The number of benzene rings is 1. The lowest BCUT2D eigenvalue weighted by Crippen LogP contribution is -2.18. The van der Waals surface area contributed by atoms with Crippen LogP contribution in [0.5, 0.6) is 0 Å². The third-order valence-corrected chi connectivity index (χ3v) is 3.19. The van der Waals surface area contributed by atoms with Crippen molar-refractivity contribution in [3.8, 4) is 0 Å². The van der Waals surface area contributed by atoms with Gasteiger partial charge in [-0.1, -0.05) is 11.6 Å². The normalized spacial score (nSPS) is 18.6. The Labute approximate surface area is 106 Å². The van der Waals surface area contributed by atoms with Gasteiger partial charge in [-0.2, -0.15) is 0 Å². The Morgan fingerprint density at radius 1 is 1.28 bits per heavy atom. The molecule has 4 heteroatoms. The molecule has 0 radical (unpaired) electrons. The summed E-state index contributed by atoms with van der Waals surface area (Å²) in [5.41, 5.74) is 8.21. The quantitative estimate of drug-likeness (QED) is 0.905. The topological polar surface area (TPSA) is 57.6 Å². The van der Waals surface area contributed by atoms with Crippen LogP contribution < -0.4 is 5.73 Å². The van der Waals surface area contributed by atoms with Crippen molar-refractivity contribution >= 4 is 11.0 Å². The third-order valence-electron chi connectivity index (χ3n) is 3.19. The molecule has 2 N–H and O–H groups in total. The molecule has 96 valence electrons. The number of furan rings is 1. The first-order valence-corrected chi connectivity index (χ1v) is 6.21. The van der Waals surface area contributed by atoms with Crippen molar-refractivity contribution in [2.75, 3.05) is 13.2 Å². The average molecular weight is 247 g/mol. The van der Waals surface area contributed by atoms with Gasteiger partial charge in [-0.05, 0) is 25.1 Å². The third kappa shape index (κ3) is 2.27. The number of ether oxygens (including phenoxy) is 2. The van der Waals surface area contributed by atoms with Gasteiger partial charge in [0.1, 0.15) is 11.3 Å². The number of hydrogen-bond acceptors (Lipinski definition) is 4. The molecule has 1 aromatic heterocycles. The van der Waals surface area contributed by atoms with Crippen molar-refractivity contribution in [3.05, 3.63) is 35.6 Å². The number of nitrogens with two attached hydrogens (primary N) is 1. The van der Waals surface area contributed by atoms with Crippen molar-refractivity contribution in [1.82, 2.24) is 0 Å². The predicted molar refractivity (Wildman–Crippen MR) is 68.2 cm³/mol. The molecule has 1 aliphatic heterocycles. The molecule has 3 rings (SSSR count). The molecule has 4 nitrogen and oxygen atoms in total. The van der Waals surface area contributed by atoms with E-state index in [0.717, 1.165) is 16.7 Å². The highest BCUT2D eigenvalue weighted by Gasteiger charge is 2.22. The maximum atomic E-state index is 6.12. The highest BCUT2D eigenvalue weighted by atomic mass is 16.7. The minimum absolute atomic E-state index is 0.194. The van der Waals surface area contributed by atoms with Crippen LogP contribution in [0, 0.1) is 6.92 Å². The molecule has 0 spiro atoms. The SMILES string of the molecule is Cc1ccc2oc(C(N)CC3OCCO3)cc2c1. The zero-order chi connectivity index (χ0) is 12.5. The molecule has 1 aromatic carbocycles. The molecular formula is C14H17NO3. The van der Waals surface area contributed by atoms with E-state index in [1.807, 2.05) is 18.2 Å². The van der Waals surface area contributed by atoms with E-state index in [1.54, 1.807) is 0 Å². The Hall–Kier alpha value is -1.36.